The van der Waals surface area contributed by atoms with Crippen LogP contribution in [0.15, 0.2) is 12.2 Å². The Morgan fingerprint density at radius 1 is 1.33 bits per heavy atom. The largest absolute Gasteiger partial charge is 0.198 e. The van der Waals surface area contributed by atoms with Gasteiger partial charge in [0.15, 0.2) is 0 Å². The molecule has 3 atom stereocenters. The quantitative estimate of drug-likeness (QED) is 0.581. The van der Waals surface area contributed by atoms with Gasteiger partial charge in [0.2, 0.25) is 0 Å². The van der Waals surface area contributed by atoms with Crippen LogP contribution < -0.4 is 0 Å². The van der Waals surface area contributed by atoms with E-state index in [4.69, 9.17) is 0 Å². The van der Waals surface area contributed by atoms with E-state index in [1.807, 2.05) is 0 Å². The van der Waals surface area contributed by atoms with Gasteiger partial charge in [-0.1, -0.05) is 52.2 Å². The van der Waals surface area contributed by atoms with Gasteiger partial charge in [-0.3, -0.25) is 0 Å². The summed E-state index contributed by atoms with van der Waals surface area (Å²) >= 11 is 0. The van der Waals surface area contributed by atoms with Crippen LogP contribution in [0.1, 0.15) is 66.2 Å². The highest BCUT2D eigenvalue weighted by atomic mass is 14.5. The number of nitrogens with zero attached hydrogens (tertiary/aromatic N) is 1. The Kier molecular flexibility index (Phi) is 5.93. The van der Waals surface area contributed by atoms with Crippen LogP contribution in [-0.2, 0) is 0 Å². The van der Waals surface area contributed by atoms with Gasteiger partial charge in [-0.25, -0.2) is 0 Å². The molecule has 0 aromatic rings. The molecule has 1 rings (SSSR count). The van der Waals surface area contributed by atoms with Crippen molar-refractivity contribution >= 4 is 0 Å². The Morgan fingerprint density at radius 3 is 2.39 bits per heavy atom. The molecule has 3 unspecified atom stereocenters. The molecule has 0 aromatic carbocycles. The summed E-state index contributed by atoms with van der Waals surface area (Å²) in [6.45, 7) is 8.84. The molecular weight excluding hydrogens is 218 g/mol. The minimum absolute atomic E-state index is 0.140. The standard InChI is InChI=1S/C17H29N/c1-5-9-14(3)17(13-18,15(4)10-6-2)16-11-7-8-12-16/h5,9,14-16H,6-8,10-12H2,1-4H3/b9-5-. The highest BCUT2D eigenvalue weighted by Gasteiger charge is 2.47. The molecule has 0 amide bonds. The summed E-state index contributed by atoms with van der Waals surface area (Å²) in [5.74, 6) is 1.48. The zero-order valence-corrected chi connectivity index (χ0v) is 12.6. The second-order valence-electron chi connectivity index (χ2n) is 6.03. The van der Waals surface area contributed by atoms with E-state index in [0.29, 0.717) is 17.8 Å². The van der Waals surface area contributed by atoms with E-state index in [2.05, 4.69) is 45.9 Å². The average Bonchev–Trinajstić information content (AvgIpc) is 2.85. The lowest BCUT2D eigenvalue weighted by Crippen LogP contribution is -2.40. The third kappa shape index (κ3) is 2.79. The van der Waals surface area contributed by atoms with Gasteiger partial charge in [0.05, 0.1) is 11.5 Å². The van der Waals surface area contributed by atoms with E-state index in [9.17, 15) is 5.26 Å². The molecule has 0 radical (unpaired) electrons. The molecule has 1 heteroatoms. The summed E-state index contributed by atoms with van der Waals surface area (Å²) in [6.07, 6.45) is 11.8. The van der Waals surface area contributed by atoms with Crippen molar-refractivity contribution in [1.82, 2.24) is 0 Å². The number of hydrogen-bond donors (Lipinski definition) is 0. The van der Waals surface area contributed by atoms with Gasteiger partial charge in [0.25, 0.3) is 0 Å². The Bertz CT molecular complexity index is 306. The molecule has 0 bridgehead atoms. The van der Waals surface area contributed by atoms with Crippen LogP contribution >= 0.6 is 0 Å². The maximum atomic E-state index is 9.95. The summed E-state index contributed by atoms with van der Waals surface area (Å²) in [7, 11) is 0. The SMILES string of the molecule is C/C=C\C(C)C(C#N)(C(C)CCC)C1CCCC1. The Morgan fingerprint density at radius 2 is 1.94 bits per heavy atom. The number of hydrogen-bond acceptors (Lipinski definition) is 1. The third-order valence-electron chi connectivity index (χ3n) is 5.00. The van der Waals surface area contributed by atoms with E-state index in [0.717, 1.165) is 0 Å². The molecular formula is C17H29N. The first-order valence-electron chi connectivity index (χ1n) is 7.67. The monoisotopic (exact) mass is 247 g/mol. The second kappa shape index (κ2) is 6.98. The van der Waals surface area contributed by atoms with E-state index in [-0.39, 0.29) is 5.41 Å². The fourth-order valence-corrected chi connectivity index (χ4v) is 4.05. The fourth-order valence-electron chi connectivity index (χ4n) is 4.05. The summed E-state index contributed by atoms with van der Waals surface area (Å²) in [4.78, 5) is 0. The highest BCUT2D eigenvalue weighted by molar-refractivity contribution is 5.13. The Hall–Kier alpha value is -0.770. The first-order valence-corrected chi connectivity index (χ1v) is 7.67. The average molecular weight is 247 g/mol. The molecule has 0 N–H and O–H groups in total. The van der Waals surface area contributed by atoms with E-state index in [1.165, 1.54) is 38.5 Å². The van der Waals surface area contributed by atoms with Crippen molar-refractivity contribution in [2.75, 3.05) is 0 Å². The van der Waals surface area contributed by atoms with E-state index in [1.54, 1.807) is 0 Å². The fraction of sp³-hybridized carbons (Fsp3) is 0.824. The molecule has 0 saturated heterocycles. The van der Waals surface area contributed by atoms with E-state index < -0.39 is 0 Å². The summed E-state index contributed by atoms with van der Waals surface area (Å²) < 4.78 is 0. The van der Waals surface area contributed by atoms with Crippen molar-refractivity contribution in [2.24, 2.45) is 23.2 Å². The molecule has 1 aliphatic carbocycles. The molecule has 1 saturated carbocycles. The van der Waals surface area contributed by atoms with Gasteiger partial charge in [-0.15, -0.1) is 0 Å². The van der Waals surface area contributed by atoms with Crippen molar-refractivity contribution in [1.29, 1.82) is 5.26 Å². The number of allylic oxidation sites excluding steroid dienone is 2. The van der Waals surface area contributed by atoms with Gasteiger partial charge in [0, 0.05) is 0 Å². The predicted molar refractivity (Wildman–Crippen MR) is 78.1 cm³/mol. The van der Waals surface area contributed by atoms with Crippen molar-refractivity contribution in [3.63, 3.8) is 0 Å². The summed E-state index contributed by atoms with van der Waals surface area (Å²) in [5, 5.41) is 9.95. The lowest BCUT2D eigenvalue weighted by Gasteiger charge is -2.42. The lowest BCUT2D eigenvalue weighted by molar-refractivity contribution is 0.0985. The van der Waals surface area contributed by atoms with E-state index >= 15 is 0 Å². The zero-order valence-electron chi connectivity index (χ0n) is 12.6. The van der Waals surface area contributed by atoms with Crippen LogP contribution in [0, 0.1) is 34.5 Å². The maximum Gasteiger partial charge on any atom is 0.0701 e. The first kappa shape index (κ1) is 15.3. The Labute approximate surface area is 113 Å². The summed E-state index contributed by atoms with van der Waals surface area (Å²) in [6, 6.07) is 2.78. The van der Waals surface area contributed by atoms with Gasteiger partial charge >= 0.3 is 0 Å². The Balaban J connectivity index is 3.07. The molecule has 1 nitrogen and oxygen atoms in total. The van der Waals surface area contributed by atoms with Crippen molar-refractivity contribution in [3.05, 3.63) is 12.2 Å². The van der Waals surface area contributed by atoms with Crippen molar-refractivity contribution < 1.29 is 0 Å². The van der Waals surface area contributed by atoms with Gasteiger partial charge in [-0.05, 0) is 43.9 Å². The molecule has 1 aliphatic rings. The number of nitriles is 1. The number of rotatable bonds is 6. The minimum Gasteiger partial charge on any atom is -0.198 e. The molecule has 0 aliphatic heterocycles. The topological polar surface area (TPSA) is 23.8 Å². The molecule has 102 valence electrons. The minimum atomic E-state index is -0.140. The van der Waals surface area contributed by atoms with Crippen LogP contribution in [0.2, 0.25) is 0 Å². The smallest absolute Gasteiger partial charge is 0.0701 e. The molecule has 18 heavy (non-hydrogen) atoms. The van der Waals surface area contributed by atoms with Crippen molar-refractivity contribution in [3.8, 4) is 6.07 Å². The second-order valence-corrected chi connectivity index (χ2v) is 6.03. The zero-order chi connectivity index (χ0) is 13.6. The normalized spacial score (nSPS) is 23.7. The maximum absolute atomic E-state index is 9.95. The first-order chi connectivity index (χ1) is 8.63. The third-order valence-corrected chi connectivity index (χ3v) is 5.00. The molecule has 1 fully saturated rings. The lowest BCUT2D eigenvalue weighted by atomic mass is 9.59. The van der Waals surface area contributed by atoms with Crippen LogP contribution in [0.25, 0.3) is 0 Å². The van der Waals surface area contributed by atoms with Crippen LogP contribution in [0.4, 0.5) is 0 Å². The van der Waals surface area contributed by atoms with Gasteiger partial charge in [-0.2, -0.15) is 5.26 Å². The highest BCUT2D eigenvalue weighted by Crippen LogP contribution is 2.51. The molecule has 0 heterocycles. The predicted octanol–water partition coefficient (Wildman–Crippen LogP) is 5.33. The molecule has 0 spiro atoms. The molecule has 0 aromatic heterocycles. The summed E-state index contributed by atoms with van der Waals surface area (Å²) in [5.41, 5.74) is -0.140. The van der Waals surface area contributed by atoms with Crippen molar-refractivity contribution in [2.45, 2.75) is 66.2 Å². The van der Waals surface area contributed by atoms with Gasteiger partial charge < -0.3 is 0 Å². The van der Waals surface area contributed by atoms with Crippen LogP contribution in [0.5, 0.6) is 0 Å². The van der Waals surface area contributed by atoms with Crippen LogP contribution in [0.3, 0.4) is 0 Å². The van der Waals surface area contributed by atoms with Gasteiger partial charge in [0.1, 0.15) is 0 Å². The van der Waals surface area contributed by atoms with Crippen LogP contribution in [-0.4, -0.2) is 0 Å².